The van der Waals surface area contributed by atoms with Gasteiger partial charge in [0.15, 0.2) is 5.78 Å². The lowest BCUT2D eigenvalue weighted by atomic mass is 9.45. The van der Waals surface area contributed by atoms with Crippen molar-refractivity contribution in [3.8, 4) is 11.8 Å². The number of benzene rings is 1. The first-order valence-corrected chi connectivity index (χ1v) is 12.7. The predicted octanol–water partition coefficient (Wildman–Crippen LogP) is 4.39. The Morgan fingerprint density at radius 3 is 2.88 bits per heavy atom. The molecule has 8 rings (SSSR count). The molecule has 4 fully saturated rings. The number of carbonyl (C=O) groups is 1. The molecule has 1 heterocycles. The molecule has 0 amide bonds. The summed E-state index contributed by atoms with van der Waals surface area (Å²) in [5.41, 5.74) is 3.86. The highest BCUT2D eigenvalue weighted by Crippen LogP contribution is 2.71. The first kappa shape index (κ1) is 19.6. The van der Waals surface area contributed by atoms with Gasteiger partial charge >= 0.3 is 0 Å². The molecule has 1 aliphatic heterocycles. The van der Waals surface area contributed by atoms with Gasteiger partial charge in [0.25, 0.3) is 0 Å². The minimum atomic E-state index is -0.927. The standard InChI is InChI=1S/C29H32O3/c1-3-17-4-5-18-6-12-29(31)13-9-21-24-22(8-10-27(21,29)2)28(16-19(18)14-17)11-7-20(30)15-23(28)25-26(24)32-25/h4-5,14-15,21-22,24-26,31H,3,7-11,13,16H2,1-2H3/t21-,22?,24-,25+,26-,27-,28-,29+/m0/s1. The summed E-state index contributed by atoms with van der Waals surface area (Å²) >= 11 is 0. The number of hydrogen-bond donors (Lipinski definition) is 1. The molecule has 32 heavy (non-hydrogen) atoms. The van der Waals surface area contributed by atoms with Gasteiger partial charge < -0.3 is 9.84 Å². The normalized spacial score (nSPS) is 47.3. The summed E-state index contributed by atoms with van der Waals surface area (Å²) in [5.74, 6) is 8.60. The van der Waals surface area contributed by atoms with Crippen LogP contribution >= 0.6 is 0 Å². The van der Waals surface area contributed by atoms with E-state index in [-0.39, 0.29) is 28.8 Å². The molecule has 8 atom stereocenters. The van der Waals surface area contributed by atoms with Crippen molar-refractivity contribution in [3.63, 3.8) is 0 Å². The van der Waals surface area contributed by atoms with Crippen LogP contribution in [0.3, 0.4) is 0 Å². The molecule has 6 bridgehead atoms. The molecule has 0 aromatic heterocycles. The fourth-order valence-electron chi connectivity index (χ4n) is 8.80. The zero-order valence-electron chi connectivity index (χ0n) is 19.1. The molecule has 1 aromatic rings. The van der Waals surface area contributed by atoms with Crippen LogP contribution in [0.5, 0.6) is 0 Å². The number of carbonyl (C=O) groups excluding carboxylic acids is 1. The van der Waals surface area contributed by atoms with Gasteiger partial charge in [-0.3, -0.25) is 4.79 Å². The van der Waals surface area contributed by atoms with Crippen molar-refractivity contribution in [2.75, 3.05) is 0 Å². The summed E-state index contributed by atoms with van der Waals surface area (Å²) in [7, 11) is 0. The van der Waals surface area contributed by atoms with Gasteiger partial charge in [-0.15, -0.1) is 0 Å². The van der Waals surface area contributed by atoms with Crippen molar-refractivity contribution in [2.45, 2.75) is 83.0 Å². The third kappa shape index (κ3) is 2.28. The third-order valence-corrected chi connectivity index (χ3v) is 10.6. The SMILES string of the molecule is CCc1ccc2c(c1)C[C@]13CCC(=O)C=C1[C@H]1O[C@H]1[C@@H]1C3CC[C@@]3(C)[C@H]1CC[C@]3(O)C#C2. The van der Waals surface area contributed by atoms with Gasteiger partial charge in [-0.2, -0.15) is 0 Å². The Kier molecular flexibility index (Phi) is 3.77. The number of ether oxygens (including phenoxy) is 1. The fourth-order valence-corrected chi connectivity index (χ4v) is 8.80. The Hall–Kier alpha value is -1.89. The van der Waals surface area contributed by atoms with Crippen LogP contribution in [0.1, 0.15) is 69.1 Å². The Morgan fingerprint density at radius 1 is 1.19 bits per heavy atom. The van der Waals surface area contributed by atoms with Gasteiger partial charge in [0, 0.05) is 22.8 Å². The molecule has 1 aromatic carbocycles. The predicted molar refractivity (Wildman–Crippen MR) is 122 cm³/mol. The van der Waals surface area contributed by atoms with Gasteiger partial charge in [-0.1, -0.05) is 37.8 Å². The topological polar surface area (TPSA) is 49.8 Å². The Labute approximate surface area is 190 Å². The zero-order chi connectivity index (χ0) is 21.9. The molecule has 3 saturated carbocycles. The molecule has 1 spiro atoms. The monoisotopic (exact) mass is 428 g/mol. The second-order valence-electron chi connectivity index (χ2n) is 11.7. The second-order valence-corrected chi connectivity index (χ2v) is 11.7. The summed E-state index contributed by atoms with van der Waals surface area (Å²) in [6.45, 7) is 4.50. The summed E-state index contributed by atoms with van der Waals surface area (Å²) in [4.78, 5) is 12.6. The summed E-state index contributed by atoms with van der Waals surface area (Å²) < 4.78 is 6.40. The number of aliphatic hydroxyl groups is 1. The summed E-state index contributed by atoms with van der Waals surface area (Å²) in [5, 5.41) is 11.9. The van der Waals surface area contributed by atoms with Crippen LogP contribution in [0.2, 0.25) is 0 Å². The summed E-state index contributed by atoms with van der Waals surface area (Å²) in [6, 6.07) is 6.70. The van der Waals surface area contributed by atoms with Crippen molar-refractivity contribution in [2.24, 2.45) is 28.6 Å². The number of ketones is 1. The molecule has 0 radical (unpaired) electrons. The maximum atomic E-state index is 12.6. The number of aryl methyl sites for hydroxylation is 1. The number of rotatable bonds is 1. The van der Waals surface area contributed by atoms with Gasteiger partial charge in [-0.05, 0) is 91.5 Å². The average molecular weight is 429 g/mol. The number of fused-ring (bicyclic) bond motifs is 3. The van der Waals surface area contributed by atoms with E-state index in [0.29, 0.717) is 24.2 Å². The number of hydrogen-bond acceptors (Lipinski definition) is 3. The molecular formula is C29H32O3. The van der Waals surface area contributed by atoms with E-state index < -0.39 is 5.60 Å². The number of epoxide rings is 1. The van der Waals surface area contributed by atoms with Crippen molar-refractivity contribution in [1.82, 2.24) is 0 Å². The Balaban J connectivity index is 1.50. The maximum Gasteiger partial charge on any atom is 0.155 e. The van der Waals surface area contributed by atoms with E-state index in [1.807, 2.05) is 6.08 Å². The van der Waals surface area contributed by atoms with E-state index in [2.05, 4.69) is 43.9 Å². The molecule has 1 saturated heterocycles. The first-order chi connectivity index (χ1) is 15.4. The Bertz CT molecular complexity index is 1140. The van der Waals surface area contributed by atoms with E-state index in [1.165, 1.54) is 16.7 Å². The average Bonchev–Trinajstić information content (AvgIpc) is 3.53. The van der Waals surface area contributed by atoms with E-state index in [4.69, 9.17) is 4.74 Å². The minimum absolute atomic E-state index is 0.00852. The minimum Gasteiger partial charge on any atom is -0.377 e. The fraction of sp³-hybridized carbons (Fsp3) is 0.621. The summed E-state index contributed by atoms with van der Waals surface area (Å²) in [6.07, 6.45) is 9.74. The highest BCUT2D eigenvalue weighted by Gasteiger charge is 2.72. The van der Waals surface area contributed by atoms with Gasteiger partial charge in [-0.25, -0.2) is 0 Å². The zero-order valence-corrected chi connectivity index (χ0v) is 19.1. The van der Waals surface area contributed by atoms with Crippen LogP contribution in [0, 0.1) is 40.4 Å². The molecule has 3 nitrogen and oxygen atoms in total. The third-order valence-electron chi connectivity index (χ3n) is 10.6. The van der Waals surface area contributed by atoms with Gasteiger partial charge in [0.05, 0.1) is 6.10 Å². The largest absolute Gasteiger partial charge is 0.377 e. The van der Waals surface area contributed by atoms with E-state index >= 15 is 0 Å². The van der Waals surface area contributed by atoms with Crippen LogP contribution in [-0.4, -0.2) is 28.7 Å². The highest BCUT2D eigenvalue weighted by molar-refractivity contribution is 5.92. The van der Waals surface area contributed by atoms with Crippen molar-refractivity contribution in [1.29, 1.82) is 0 Å². The molecular weight excluding hydrogens is 396 g/mol. The lowest BCUT2D eigenvalue weighted by Gasteiger charge is -2.58. The van der Waals surface area contributed by atoms with Gasteiger partial charge in [0.2, 0.25) is 0 Å². The van der Waals surface area contributed by atoms with Crippen molar-refractivity contribution < 1.29 is 14.6 Å². The van der Waals surface area contributed by atoms with Gasteiger partial charge in [0.1, 0.15) is 11.7 Å². The van der Waals surface area contributed by atoms with Crippen LogP contribution in [0.15, 0.2) is 29.8 Å². The molecule has 3 heteroatoms. The maximum absolute atomic E-state index is 12.6. The van der Waals surface area contributed by atoms with E-state index in [1.54, 1.807) is 0 Å². The lowest BCUT2D eigenvalue weighted by molar-refractivity contribution is -0.119. The van der Waals surface area contributed by atoms with Crippen LogP contribution in [0.4, 0.5) is 0 Å². The van der Waals surface area contributed by atoms with Crippen LogP contribution < -0.4 is 0 Å². The van der Waals surface area contributed by atoms with Crippen LogP contribution in [-0.2, 0) is 22.4 Å². The highest BCUT2D eigenvalue weighted by atomic mass is 16.6. The molecule has 1 N–H and O–H groups in total. The smallest absolute Gasteiger partial charge is 0.155 e. The Morgan fingerprint density at radius 2 is 2.03 bits per heavy atom. The van der Waals surface area contributed by atoms with Crippen molar-refractivity contribution >= 4 is 5.78 Å². The molecule has 7 aliphatic rings. The quantitative estimate of drug-likeness (QED) is 0.533. The molecule has 1 unspecified atom stereocenters. The van der Waals surface area contributed by atoms with E-state index in [9.17, 15) is 9.90 Å². The second kappa shape index (κ2) is 6.16. The van der Waals surface area contributed by atoms with Crippen molar-refractivity contribution in [3.05, 3.63) is 46.5 Å². The van der Waals surface area contributed by atoms with Crippen LogP contribution in [0.25, 0.3) is 0 Å². The lowest BCUT2D eigenvalue weighted by Crippen LogP contribution is -2.57. The van der Waals surface area contributed by atoms with E-state index in [0.717, 1.165) is 50.5 Å². The molecule has 6 aliphatic carbocycles. The molecule has 166 valence electrons. The first-order valence-electron chi connectivity index (χ1n) is 12.7.